The molecular weight excluding hydrogens is 606 g/mol. The van der Waals surface area contributed by atoms with Crippen LogP contribution in [0.4, 0.5) is 0 Å². The van der Waals surface area contributed by atoms with Gasteiger partial charge in [0.2, 0.25) is 12.7 Å². The molecule has 35 heavy (non-hydrogen) atoms. The molecule has 5 rings (SSSR count). The molecule has 2 heterocycles. The molecular formula is C25H17Cl2IN2O5. The summed E-state index contributed by atoms with van der Waals surface area (Å²) in [5.74, 6) is 2.24. The third-order valence-corrected chi connectivity index (χ3v) is 7.07. The van der Waals surface area contributed by atoms with Crippen LogP contribution < -0.4 is 29.4 Å². The van der Waals surface area contributed by atoms with Crippen LogP contribution in [-0.2, 0) is 6.61 Å². The van der Waals surface area contributed by atoms with Gasteiger partial charge in [-0.25, -0.2) is 0 Å². The number of hydrogen-bond acceptors (Lipinski definition) is 7. The molecule has 178 valence electrons. The third-order valence-electron chi connectivity index (χ3n) is 5.68. The molecule has 0 saturated heterocycles. The molecule has 0 saturated carbocycles. The van der Waals surface area contributed by atoms with E-state index in [-0.39, 0.29) is 24.9 Å². The quantitative estimate of drug-likeness (QED) is 0.342. The Bertz CT molecular complexity index is 1420. The first-order valence-electron chi connectivity index (χ1n) is 10.3. The zero-order chi connectivity index (χ0) is 24.7. The molecule has 0 aliphatic carbocycles. The van der Waals surface area contributed by atoms with Gasteiger partial charge in [-0.3, -0.25) is 0 Å². The van der Waals surface area contributed by atoms with Crippen LogP contribution in [0.15, 0.2) is 53.9 Å². The minimum Gasteiger partial charge on any atom is -0.493 e. The first-order valence-corrected chi connectivity index (χ1v) is 12.2. The van der Waals surface area contributed by atoms with Gasteiger partial charge in [0, 0.05) is 27.2 Å². The summed E-state index contributed by atoms with van der Waals surface area (Å²) in [5, 5.41) is 11.0. The lowest BCUT2D eigenvalue weighted by atomic mass is 9.83. The lowest BCUT2D eigenvalue weighted by molar-refractivity contribution is 0.174. The smallest absolute Gasteiger partial charge is 0.231 e. The highest BCUT2D eigenvalue weighted by Gasteiger charge is 2.34. The highest BCUT2D eigenvalue weighted by atomic mass is 127. The normalized spacial score (nSPS) is 15.8. The largest absolute Gasteiger partial charge is 0.493 e. The number of benzene rings is 3. The fourth-order valence-electron chi connectivity index (χ4n) is 4.03. The summed E-state index contributed by atoms with van der Waals surface area (Å²) in [6, 6.07) is 14.7. The molecule has 2 N–H and O–H groups in total. The Labute approximate surface area is 225 Å². The van der Waals surface area contributed by atoms with E-state index < -0.39 is 5.92 Å². The van der Waals surface area contributed by atoms with Gasteiger partial charge in [0.05, 0.1) is 16.6 Å². The molecule has 0 unspecified atom stereocenters. The van der Waals surface area contributed by atoms with Crippen molar-refractivity contribution in [2.45, 2.75) is 12.5 Å². The van der Waals surface area contributed by atoms with E-state index in [9.17, 15) is 5.26 Å². The predicted octanol–water partition coefficient (Wildman–Crippen LogP) is 6.13. The van der Waals surface area contributed by atoms with E-state index in [4.69, 9.17) is 52.6 Å². The van der Waals surface area contributed by atoms with Gasteiger partial charge in [-0.2, -0.15) is 5.26 Å². The van der Waals surface area contributed by atoms with E-state index in [1.807, 2.05) is 24.3 Å². The average molecular weight is 623 g/mol. The van der Waals surface area contributed by atoms with Crippen LogP contribution in [0.1, 0.15) is 22.6 Å². The summed E-state index contributed by atoms with van der Waals surface area (Å²) in [4.78, 5) is 0. The van der Waals surface area contributed by atoms with Crippen LogP contribution in [0.25, 0.3) is 0 Å². The summed E-state index contributed by atoms with van der Waals surface area (Å²) in [5.41, 5.74) is 8.73. The second-order valence-corrected chi connectivity index (χ2v) is 9.73. The van der Waals surface area contributed by atoms with E-state index in [1.54, 1.807) is 25.3 Å². The zero-order valence-corrected chi connectivity index (χ0v) is 21.9. The van der Waals surface area contributed by atoms with E-state index in [1.165, 1.54) is 0 Å². The lowest BCUT2D eigenvalue weighted by Crippen LogP contribution is -2.21. The Morgan fingerprint density at radius 2 is 1.89 bits per heavy atom. The van der Waals surface area contributed by atoms with E-state index >= 15 is 0 Å². The number of nitrogens with zero attached hydrogens (tertiary/aromatic N) is 1. The van der Waals surface area contributed by atoms with Gasteiger partial charge in [-0.1, -0.05) is 29.3 Å². The first-order chi connectivity index (χ1) is 16.9. The second kappa shape index (κ2) is 9.57. The summed E-state index contributed by atoms with van der Waals surface area (Å²) < 4.78 is 29.3. The number of fused-ring (bicyclic) bond motifs is 2. The van der Waals surface area contributed by atoms with Crippen molar-refractivity contribution < 1.29 is 23.7 Å². The summed E-state index contributed by atoms with van der Waals surface area (Å²) in [7, 11) is 1.56. The van der Waals surface area contributed by atoms with Crippen LogP contribution in [0, 0.1) is 14.9 Å². The van der Waals surface area contributed by atoms with E-state index in [0.717, 1.165) is 20.3 Å². The van der Waals surface area contributed by atoms with Gasteiger partial charge >= 0.3 is 0 Å². The van der Waals surface area contributed by atoms with Crippen molar-refractivity contribution in [2.75, 3.05) is 13.9 Å². The van der Waals surface area contributed by atoms with Crippen molar-refractivity contribution in [3.8, 4) is 34.8 Å². The van der Waals surface area contributed by atoms with Crippen LogP contribution in [0.5, 0.6) is 28.7 Å². The molecule has 7 nitrogen and oxygen atoms in total. The number of hydrogen-bond donors (Lipinski definition) is 1. The minimum absolute atomic E-state index is 0.0375. The number of nitriles is 1. The molecule has 0 amide bonds. The lowest BCUT2D eigenvalue weighted by Gasteiger charge is -2.27. The van der Waals surface area contributed by atoms with Crippen molar-refractivity contribution in [3.63, 3.8) is 0 Å². The maximum Gasteiger partial charge on any atom is 0.231 e. The Morgan fingerprint density at radius 1 is 1.11 bits per heavy atom. The number of halogens is 3. The minimum atomic E-state index is -0.500. The van der Waals surface area contributed by atoms with Gasteiger partial charge in [0.25, 0.3) is 0 Å². The molecule has 0 radical (unpaired) electrons. The monoisotopic (exact) mass is 622 g/mol. The number of ether oxygens (including phenoxy) is 5. The number of allylic oxidation sites excluding steroid dienone is 1. The SMILES string of the molecule is COc1cc([C@H]2C(C#N)=C(N)Oc3cc4c(cc32)OCO4)cc(I)c1OCc1ccc(Cl)cc1Cl. The topological polar surface area (TPSA) is 96.0 Å². The molecule has 0 spiro atoms. The zero-order valence-electron chi connectivity index (χ0n) is 18.2. The van der Waals surface area contributed by atoms with Crippen LogP contribution in [-0.4, -0.2) is 13.9 Å². The molecule has 2 aliphatic rings. The predicted molar refractivity (Wildman–Crippen MR) is 138 cm³/mol. The fraction of sp³-hybridized carbons (Fsp3) is 0.160. The highest BCUT2D eigenvalue weighted by molar-refractivity contribution is 14.1. The van der Waals surface area contributed by atoms with Crippen LogP contribution in [0.2, 0.25) is 10.0 Å². The fourth-order valence-corrected chi connectivity index (χ4v) is 5.27. The standard InChI is InChI=1S/C25H17Cl2IN2O5/c1-31-22-5-13(4-18(28)24(22)32-10-12-2-3-14(26)6-17(12)27)23-15-7-20-21(34-11-33-20)8-19(15)35-25(30)16(23)9-29/h2-8,23H,10-11,30H2,1H3/t23-/m1/s1. The third kappa shape index (κ3) is 4.40. The summed E-state index contributed by atoms with van der Waals surface area (Å²) in [6.07, 6.45) is 0. The molecule has 2 aliphatic heterocycles. The molecule has 0 bridgehead atoms. The van der Waals surface area contributed by atoms with Crippen LogP contribution in [0.3, 0.4) is 0 Å². The molecule has 3 aromatic carbocycles. The Kier molecular flexibility index (Phi) is 6.49. The van der Waals surface area contributed by atoms with Gasteiger partial charge < -0.3 is 29.4 Å². The molecule has 0 aromatic heterocycles. The first kappa shape index (κ1) is 23.7. The molecule has 10 heteroatoms. The Morgan fingerprint density at radius 3 is 2.60 bits per heavy atom. The van der Waals surface area contributed by atoms with E-state index in [0.29, 0.717) is 38.8 Å². The second-order valence-electron chi connectivity index (χ2n) is 7.73. The Balaban J connectivity index is 1.55. The van der Waals surface area contributed by atoms with Crippen molar-refractivity contribution in [1.82, 2.24) is 0 Å². The maximum absolute atomic E-state index is 9.91. The molecule has 3 aromatic rings. The summed E-state index contributed by atoms with van der Waals surface area (Å²) >= 11 is 14.5. The van der Waals surface area contributed by atoms with Gasteiger partial charge in [0.1, 0.15) is 24.0 Å². The number of nitrogens with two attached hydrogens (primary N) is 1. The highest BCUT2D eigenvalue weighted by Crippen LogP contribution is 2.49. The van der Waals surface area contributed by atoms with E-state index in [2.05, 4.69) is 28.7 Å². The number of methoxy groups -OCH3 is 1. The van der Waals surface area contributed by atoms with Crippen LogP contribution >= 0.6 is 45.8 Å². The maximum atomic E-state index is 9.91. The van der Waals surface area contributed by atoms with Gasteiger partial charge in [0.15, 0.2) is 23.0 Å². The molecule has 1 atom stereocenters. The van der Waals surface area contributed by atoms with Crippen molar-refractivity contribution in [2.24, 2.45) is 5.73 Å². The Hall–Kier alpha value is -3.00. The van der Waals surface area contributed by atoms with Crippen molar-refractivity contribution in [1.29, 1.82) is 5.26 Å². The summed E-state index contributed by atoms with van der Waals surface area (Å²) in [6.45, 7) is 0.341. The van der Waals surface area contributed by atoms with Crippen molar-refractivity contribution >= 4 is 45.8 Å². The average Bonchev–Trinajstić information content (AvgIpc) is 3.29. The molecule has 0 fully saturated rings. The number of rotatable bonds is 5. The van der Waals surface area contributed by atoms with Gasteiger partial charge in [-0.15, -0.1) is 0 Å². The van der Waals surface area contributed by atoms with Crippen molar-refractivity contribution in [3.05, 3.63) is 84.2 Å². The van der Waals surface area contributed by atoms with Gasteiger partial charge in [-0.05, 0) is 58.5 Å².